The van der Waals surface area contributed by atoms with Crippen molar-refractivity contribution in [3.63, 3.8) is 0 Å². The van der Waals surface area contributed by atoms with Gasteiger partial charge in [-0.2, -0.15) is 5.10 Å². The van der Waals surface area contributed by atoms with Crippen molar-refractivity contribution in [3.05, 3.63) is 47.9 Å². The van der Waals surface area contributed by atoms with Crippen molar-refractivity contribution < 1.29 is 9.53 Å². The Bertz CT molecular complexity index is 854. The number of nitrogens with zero attached hydrogens (tertiary/aromatic N) is 5. The van der Waals surface area contributed by atoms with Gasteiger partial charge in [0, 0.05) is 30.8 Å². The van der Waals surface area contributed by atoms with Crippen LogP contribution in [0.5, 0.6) is 0 Å². The summed E-state index contributed by atoms with van der Waals surface area (Å²) in [6.07, 6.45) is 6.74. The number of morpholine rings is 1. The molecule has 118 valence electrons. The van der Waals surface area contributed by atoms with Crippen LogP contribution in [0.2, 0.25) is 0 Å². The number of fused-ring (bicyclic) bond motifs is 1. The van der Waals surface area contributed by atoms with E-state index < -0.39 is 0 Å². The van der Waals surface area contributed by atoms with Gasteiger partial charge in [0.25, 0.3) is 5.91 Å². The Morgan fingerprint density at radius 3 is 3.13 bits per heavy atom. The molecule has 0 unspecified atom stereocenters. The van der Waals surface area contributed by atoms with Crippen molar-refractivity contribution >= 4 is 11.6 Å². The Morgan fingerprint density at radius 2 is 2.30 bits per heavy atom. The Labute approximate surface area is 132 Å². The van der Waals surface area contributed by atoms with E-state index in [1.165, 1.54) is 0 Å². The van der Waals surface area contributed by atoms with Gasteiger partial charge in [-0.25, -0.2) is 14.5 Å². The van der Waals surface area contributed by atoms with Crippen molar-refractivity contribution in [2.45, 2.75) is 13.0 Å². The summed E-state index contributed by atoms with van der Waals surface area (Å²) in [7, 11) is 0. The van der Waals surface area contributed by atoms with E-state index in [1.807, 2.05) is 6.92 Å². The third-order valence-electron chi connectivity index (χ3n) is 3.94. The van der Waals surface area contributed by atoms with Gasteiger partial charge >= 0.3 is 0 Å². The van der Waals surface area contributed by atoms with Gasteiger partial charge in [0.1, 0.15) is 17.4 Å². The first-order chi connectivity index (χ1) is 11.2. The number of ether oxygens (including phenoxy) is 1. The number of hydrogen-bond donors (Lipinski definition) is 1. The van der Waals surface area contributed by atoms with Crippen LogP contribution in [-0.2, 0) is 4.74 Å². The average molecular weight is 312 g/mol. The van der Waals surface area contributed by atoms with E-state index >= 15 is 0 Å². The summed E-state index contributed by atoms with van der Waals surface area (Å²) in [6.45, 7) is 3.37. The molecule has 4 rings (SSSR count). The number of rotatable bonds is 2. The van der Waals surface area contributed by atoms with Gasteiger partial charge in [-0.05, 0) is 13.0 Å². The second kappa shape index (κ2) is 5.47. The van der Waals surface area contributed by atoms with E-state index in [0.717, 1.165) is 11.5 Å². The fourth-order valence-corrected chi connectivity index (χ4v) is 2.81. The highest BCUT2D eigenvalue weighted by Gasteiger charge is 2.32. The van der Waals surface area contributed by atoms with Crippen molar-refractivity contribution in [1.29, 1.82) is 0 Å². The highest BCUT2D eigenvalue weighted by atomic mass is 16.5. The number of hydrogen-bond acceptors (Lipinski definition) is 5. The van der Waals surface area contributed by atoms with E-state index in [2.05, 4.69) is 20.1 Å². The summed E-state index contributed by atoms with van der Waals surface area (Å²) in [5.74, 6) is 0.626. The van der Waals surface area contributed by atoms with Crippen LogP contribution in [0, 0.1) is 6.92 Å². The van der Waals surface area contributed by atoms with Gasteiger partial charge in [0.05, 0.1) is 19.4 Å². The smallest absolute Gasteiger partial charge is 0.260 e. The van der Waals surface area contributed by atoms with Gasteiger partial charge < -0.3 is 14.6 Å². The lowest BCUT2D eigenvalue weighted by molar-refractivity contribution is -0.00492. The Hall–Kier alpha value is -2.74. The summed E-state index contributed by atoms with van der Waals surface area (Å²) >= 11 is 0. The minimum atomic E-state index is -0.233. The summed E-state index contributed by atoms with van der Waals surface area (Å²) < 4.78 is 7.14. The van der Waals surface area contributed by atoms with Gasteiger partial charge in [0.15, 0.2) is 5.65 Å². The number of aromatic nitrogens is 5. The molecule has 4 heterocycles. The average Bonchev–Trinajstić information content (AvgIpc) is 3.20. The maximum absolute atomic E-state index is 13.0. The van der Waals surface area contributed by atoms with Crippen LogP contribution < -0.4 is 0 Å². The fourth-order valence-electron chi connectivity index (χ4n) is 2.81. The zero-order valence-corrected chi connectivity index (χ0v) is 12.6. The van der Waals surface area contributed by atoms with Crippen LogP contribution in [-0.4, -0.2) is 55.1 Å². The molecule has 1 amide bonds. The molecule has 0 aromatic carbocycles. The number of imidazole rings is 1. The molecule has 1 aliphatic heterocycles. The van der Waals surface area contributed by atoms with Gasteiger partial charge in [-0.15, -0.1) is 0 Å². The number of amides is 1. The molecule has 8 nitrogen and oxygen atoms in total. The standard InChI is InChI=1S/C15H16N6O2/c1-10-7-17-13(19-10)12-9-23-6-5-20(12)15(22)11-8-18-21-4-2-3-16-14(11)21/h2-4,7-8,12H,5-6,9H2,1H3,(H,17,19)/t12-/m0/s1. The Kier molecular flexibility index (Phi) is 3.30. The van der Waals surface area contributed by atoms with Crippen LogP contribution >= 0.6 is 0 Å². The second-order valence-corrected chi connectivity index (χ2v) is 5.49. The molecule has 0 saturated carbocycles. The van der Waals surface area contributed by atoms with E-state index in [0.29, 0.717) is 31.0 Å². The zero-order valence-electron chi connectivity index (χ0n) is 12.6. The number of aromatic amines is 1. The lowest BCUT2D eigenvalue weighted by Gasteiger charge is -2.34. The summed E-state index contributed by atoms with van der Waals surface area (Å²) in [6, 6.07) is 1.54. The lowest BCUT2D eigenvalue weighted by Crippen LogP contribution is -2.43. The van der Waals surface area contributed by atoms with Crippen LogP contribution in [0.3, 0.4) is 0 Å². The van der Waals surface area contributed by atoms with Crippen LogP contribution in [0.4, 0.5) is 0 Å². The van der Waals surface area contributed by atoms with E-state index in [9.17, 15) is 4.79 Å². The zero-order chi connectivity index (χ0) is 15.8. The number of nitrogens with one attached hydrogen (secondary N) is 1. The molecule has 1 fully saturated rings. The summed E-state index contributed by atoms with van der Waals surface area (Å²) in [4.78, 5) is 26.6. The SMILES string of the molecule is Cc1cnc([C@@H]2COCCN2C(=O)c2cnn3cccnc23)[nH]1. The van der Waals surface area contributed by atoms with E-state index in [1.54, 1.807) is 40.3 Å². The molecule has 1 atom stereocenters. The molecule has 1 saturated heterocycles. The topological polar surface area (TPSA) is 88.4 Å². The molecule has 8 heteroatoms. The first-order valence-corrected chi connectivity index (χ1v) is 7.42. The molecule has 3 aromatic rings. The predicted octanol–water partition coefficient (Wildman–Crippen LogP) is 0.975. The highest BCUT2D eigenvalue weighted by molar-refractivity contribution is 5.99. The molecule has 1 aliphatic rings. The lowest BCUT2D eigenvalue weighted by atomic mass is 10.1. The van der Waals surface area contributed by atoms with E-state index in [4.69, 9.17) is 4.74 Å². The molecule has 3 aromatic heterocycles. The van der Waals surface area contributed by atoms with Crippen molar-refractivity contribution in [1.82, 2.24) is 29.5 Å². The number of H-pyrrole nitrogens is 1. The molecule has 0 aliphatic carbocycles. The van der Waals surface area contributed by atoms with Gasteiger partial charge in [-0.3, -0.25) is 4.79 Å². The van der Waals surface area contributed by atoms with Crippen LogP contribution in [0.15, 0.2) is 30.9 Å². The maximum Gasteiger partial charge on any atom is 0.260 e. The Morgan fingerprint density at radius 1 is 1.39 bits per heavy atom. The summed E-state index contributed by atoms with van der Waals surface area (Å²) in [5.41, 5.74) is 2.00. The number of carbonyl (C=O) groups excluding carboxylic acids is 1. The minimum Gasteiger partial charge on any atom is -0.377 e. The molecule has 0 spiro atoms. The molecule has 1 N–H and O–H groups in total. The van der Waals surface area contributed by atoms with Crippen molar-refractivity contribution in [2.24, 2.45) is 0 Å². The highest BCUT2D eigenvalue weighted by Crippen LogP contribution is 2.24. The van der Waals surface area contributed by atoms with Crippen molar-refractivity contribution in [3.8, 4) is 0 Å². The Balaban J connectivity index is 1.70. The maximum atomic E-state index is 13.0. The largest absolute Gasteiger partial charge is 0.377 e. The normalized spacial score (nSPS) is 18.5. The fraction of sp³-hybridized carbons (Fsp3) is 0.333. The van der Waals surface area contributed by atoms with Crippen molar-refractivity contribution in [2.75, 3.05) is 19.8 Å². The molecular weight excluding hydrogens is 296 g/mol. The quantitative estimate of drug-likeness (QED) is 0.762. The third kappa shape index (κ3) is 2.36. The molecule has 0 bridgehead atoms. The second-order valence-electron chi connectivity index (χ2n) is 5.49. The summed E-state index contributed by atoms with van der Waals surface area (Å²) in [5, 5.41) is 4.19. The molecular formula is C15H16N6O2. The monoisotopic (exact) mass is 312 g/mol. The van der Waals surface area contributed by atoms with Crippen LogP contribution in [0.25, 0.3) is 5.65 Å². The first-order valence-electron chi connectivity index (χ1n) is 7.42. The van der Waals surface area contributed by atoms with E-state index in [-0.39, 0.29) is 11.9 Å². The molecule has 23 heavy (non-hydrogen) atoms. The van der Waals surface area contributed by atoms with Crippen LogP contribution in [0.1, 0.15) is 27.9 Å². The van der Waals surface area contributed by atoms with Gasteiger partial charge in [0.2, 0.25) is 0 Å². The van der Waals surface area contributed by atoms with Gasteiger partial charge in [-0.1, -0.05) is 0 Å². The first kappa shape index (κ1) is 13.9. The predicted molar refractivity (Wildman–Crippen MR) is 80.9 cm³/mol. The minimum absolute atomic E-state index is 0.110. The third-order valence-corrected chi connectivity index (χ3v) is 3.94. The number of aryl methyl sites for hydroxylation is 1. The molecule has 0 radical (unpaired) electrons. The number of carbonyl (C=O) groups is 1.